The number of alkyl halides is 14. The normalized spacial score (nSPS) is 15.0. The van der Waals surface area contributed by atoms with Gasteiger partial charge in [0.1, 0.15) is 0 Å². The molecule has 0 aromatic rings. The van der Waals surface area contributed by atoms with E-state index in [4.69, 9.17) is 0 Å². The molecule has 232 valence electrons. The highest BCUT2D eigenvalue weighted by Gasteiger charge is 2.74. The van der Waals surface area contributed by atoms with Crippen molar-refractivity contribution in [1.82, 2.24) is 10.6 Å². The van der Waals surface area contributed by atoms with Crippen molar-refractivity contribution in [2.24, 2.45) is 11.3 Å². The summed E-state index contributed by atoms with van der Waals surface area (Å²) in [5.74, 6) is -24.8. The first kappa shape index (κ1) is 36.6. The third-order valence-corrected chi connectivity index (χ3v) is 4.92. The zero-order valence-electron chi connectivity index (χ0n) is 20.2. The van der Waals surface area contributed by atoms with Crippen molar-refractivity contribution in [1.29, 1.82) is 0 Å². The van der Waals surface area contributed by atoms with Gasteiger partial charge in [-0.3, -0.25) is 0 Å². The van der Waals surface area contributed by atoms with Gasteiger partial charge in [-0.2, -0.15) is 61.5 Å². The van der Waals surface area contributed by atoms with Crippen LogP contribution in [-0.4, -0.2) is 74.5 Å². The van der Waals surface area contributed by atoms with Crippen LogP contribution in [0.2, 0.25) is 0 Å². The van der Waals surface area contributed by atoms with E-state index in [1.54, 1.807) is 6.92 Å². The van der Waals surface area contributed by atoms with E-state index in [9.17, 15) is 71.1 Å². The molecule has 39 heavy (non-hydrogen) atoms. The van der Waals surface area contributed by atoms with E-state index in [2.05, 4.69) is 9.47 Å². The van der Waals surface area contributed by atoms with Gasteiger partial charge < -0.3 is 20.1 Å². The Bertz CT molecular complexity index is 828. The molecule has 2 amide bonds. The van der Waals surface area contributed by atoms with E-state index < -0.39 is 66.9 Å². The Hall–Kier alpha value is -2.44. The van der Waals surface area contributed by atoms with Gasteiger partial charge >= 0.3 is 48.2 Å². The third-order valence-electron chi connectivity index (χ3n) is 4.92. The van der Waals surface area contributed by atoms with Crippen molar-refractivity contribution in [3.63, 3.8) is 0 Å². The first-order chi connectivity index (χ1) is 17.1. The van der Waals surface area contributed by atoms with E-state index in [-0.39, 0.29) is 31.8 Å². The number of ether oxygens (including phenoxy) is 2. The minimum Gasteiger partial charge on any atom is -0.443 e. The monoisotopic (exact) mass is 610 g/mol. The second kappa shape index (κ2) is 12.4. The molecule has 20 heteroatoms. The number of nitrogens with one attached hydrogen (secondary N) is 2. The van der Waals surface area contributed by atoms with Crippen LogP contribution < -0.4 is 10.6 Å². The highest BCUT2D eigenvalue weighted by Crippen LogP contribution is 2.47. The van der Waals surface area contributed by atoms with Crippen LogP contribution in [0.15, 0.2) is 0 Å². The molecule has 1 atom stereocenters. The number of rotatable bonds is 13. The Balaban J connectivity index is 4.56. The lowest BCUT2D eigenvalue weighted by atomic mass is 9.82. The molecule has 0 aliphatic rings. The molecule has 0 bridgehead atoms. The molecule has 6 nitrogen and oxygen atoms in total. The summed E-state index contributed by atoms with van der Waals surface area (Å²) in [6.07, 6.45) is -16.5. The van der Waals surface area contributed by atoms with Crippen LogP contribution in [0.3, 0.4) is 0 Å². The number of hydrogen-bond acceptors (Lipinski definition) is 4. The second-order valence-corrected chi connectivity index (χ2v) is 9.25. The first-order valence-electron chi connectivity index (χ1n) is 10.6. The highest BCUT2D eigenvalue weighted by atomic mass is 19.4. The van der Waals surface area contributed by atoms with Gasteiger partial charge in [0.2, 0.25) is 0 Å². The van der Waals surface area contributed by atoms with Crippen molar-refractivity contribution in [2.45, 2.75) is 69.7 Å². The summed E-state index contributed by atoms with van der Waals surface area (Å²) in [5.41, 5.74) is -0.900. The minimum atomic E-state index is -6.60. The summed E-state index contributed by atoms with van der Waals surface area (Å²) in [7, 11) is 0. The van der Waals surface area contributed by atoms with Crippen LogP contribution in [0.25, 0.3) is 0 Å². The maximum atomic E-state index is 13.2. The van der Waals surface area contributed by atoms with E-state index in [1.807, 2.05) is 10.6 Å². The standard InChI is InChI=1S/C19H24F14N2O4/c1-10(4-5-34-11(36)38-8-14(20,21)16(24,25)18(28,29)30)6-13(2,3)7-35-12(37)39-9-15(22,23)17(26,27)19(31,32)33/h10H,4-9H2,1-3H3,(H,34,36)(H,35,37). The predicted octanol–water partition coefficient (Wildman–Crippen LogP) is 6.55. The zero-order valence-corrected chi connectivity index (χ0v) is 20.2. The van der Waals surface area contributed by atoms with Crippen LogP contribution in [0, 0.1) is 11.3 Å². The number of amides is 2. The van der Waals surface area contributed by atoms with Gasteiger partial charge in [-0.05, 0) is 24.2 Å². The Kier molecular flexibility index (Phi) is 11.6. The maximum absolute atomic E-state index is 13.2. The second-order valence-electron chi connectivity index (χ2n) is 9.25. The molecule has 0 spiro atoms. The smallest absolute Gasteiger partial charge is 0.443 e. The Labute approximate surface area is 211 Å². The Morgan fingerprint density at radius 3 is 1.38 bits per heavy atom. The van der Waals surface area contributed by atoms with Crippen molar-refractivity contribution in [3.8, 4) is 0 Å². The molecular weight excluding hydrogens is 586 g/mol. The molecule has 0 aromatic carbocycles. The fourth-order valence-electron chi connectivity index (χ4n) is 2.86. The quantitative estimate of drug-likeness (QED) is 0.232. The van der Waals surface area contributed by atoms with Crippen molar-refractivity contribution >= 4 is 12.2 Å². The summed E-state index contributed by atoms with van der Waals surface area (Å²) >= 11 is 0. The first-order valence-corrected chi connectivity index (χ1v) is 10.6. The Morgan fingerprint density at radius 1 is 0.667 bits per heavy atom. The van der Waals surface area contributed by atoms with E-state index in [1.165, 1.54) is 13.8 Å². The molecule has 0 saturated heterocycles. The van der Waals surface area contributed by atoms with Gasteiger partial charge in [0.25, 0.3) is 0 Å². The summed E-state index contributed by atoms with van der Waals surface area (Å²) in [6, 6.07) is 0. The van der Waals surface area contributed by atoms with Gasteiger partial charge in [0.15, 0.2) is 13.2 Å². The zero-order chi connectivity index (χ0) is 31.3. The van der Waals surface area contributed by atoms with Crippen LogP contribution in [0.5, 0.6) is 0 Å². The van der Waals surface area contributed by atoms with Crippen molar-refractivity contribution in [2.75, 3.05) is 26.3 Å². The van der Waals surface area contributed by atoms with Gasteiger partial charge in [-0.25, -0.2) is 9.59 Å². The van der Waals surface area contributed by atoms with Crippen LogP contribution in [0.4, 0.5) is 71.1 Å². The SMILES string of the molecule is CC(CCNC(=O)OCC(F)(F)C(F)(F)C(F)(F)F)CC(C)(C)CNC(=O)OCC(F)(F)C(F)(F)C(F)(F)F. The number of hydrogen-bond donors (Lipinski definition) is 2. The fraction of sp³-hybridized carbons (Fsp3) is 0.895. The average molecular weight is 610 g/mol. The van der Waals surface area contributed by atoms with E-state index in [0.29, 0.717) is 0 Å². The summed E-state index contributed by atoms with van der Waals surface area (Å²) < 4.78 is 183. The lowest BCUT2D eigenvalue weighted by Crippen LogP contribution is -2.54. The number of carbonyl (C=O) groups is 2. The predicted molar refractivity (Wildman–Crippen MR) is 103 cm³/mol. The summed E-state index contributed by atoms with van der Waals surface area (Å²) in [6.45, 7) is -1.34. The van der Waals surface area contributed by atoms with E-state index in [0.717, 1.165) is 0 Å². The highest BCUT2D eigenvalue weighted by molar-refractivity contribution is 5.67. The van der Waals surface area contributed by atoms with Gasteiger partial charge in [-0.1, -0.05) is 20.8 Å². The number of carbonyl (C=O) groups excluding carboxylic acids is 2. The van der Waals surface area contributed by atoms with Crippen molar-refractivity contribution in [3.05, 3.63) is 0 Å². The Morgan fingerprint density at radius 2 is 1.03 bits per heavy atom. The molecule has 0 aromatic heterocycles. The molecule has 0 radical (unpaired) electrons. The van der Waals surface area contributed by atoms with Gasteiger partial charge in [0, 0.05) is 13.1 Å². The summed E-state index contributed by atoms with van der Waals surface area (Å²) in [5, 5.41) is 3.74. The molecule has 1 unspecified atom stereocenters. The fourth-order valence-corrected chi connectivity index (χ4v) is 2.86. The van der Waals surface area contributed by atoms with Gasteiger partial charge in [0.05, 0.1) is 0 Å². The molecule has 0 fully saturated rings. The van der Waals surface area contributed by atoms with Crippen LogP contribution in [-0.2, 0) is 9.47 Å². The van der Waals surface area contributed by atoms with Gasteiger partial charge in [-0.15, -0.1) is 0 Å². The van der Waals surface area contributed by atoms with E-state index >= 15 is 0 Å². The molecule has 0 aliphatic carbocycles. The van der Waals surface area contributed by atoms with Crippen molar-refractivity contribution < 1.29 is 80.5 Å². The lowest BCUT2D eigenvalue weighted by molar-refractivity contribution is -0.359. The molecule has 0 rings (SSSR count). The lowest BCUT2D eigenvalue weighted by Gasteiger charge is -2.29. The summed E-state index contributed by atoms with van der Waals surface area (Å²) in [4.78, 5) is 22.8. The molecule has 0 saturated carbocycles. The maximum Gasteiger partial charge on any atom is 0.460 e. The molecule has 0 aliphatic heterocycles. The molecular formula is C19H24F14N2O4. The number of alkyl carbamates (subject to hydrolysis) is 2. The number of halogens is 14. The molecule has 0 heterocycles. The average Bonchev–Trinajstić information content (AvgIpc) is 2.72. The minimum absolute atomic E-state index is 0.0385. The largest absolute Gasteiger partial charge is 0.460 e. The third kappa shape index (κ3) is 10.2. The van der Waals surface area contributed by atoms with Crippen LogP contribution in [0.1, 0.15) is 33.6 Å². The molecule has 2 N–H and O–H groups in total. The topological polar surface area (TPSA) is 76.7 Å². The van der Waals surface area contributed by atoms with Crippen LogP contribution >= 0.6 is 0 Å².